The summed E-state index contributed by atoms with van der Waals surface area (Å²) in [5, 5.41) is 20.0. The van der Waals surface area contributed by atoms with E-state index in [-0.39, 0.29) is 17.2 Å². The Hall–Kier alpha value is -1.49. The molecule has 1 aromatic carbocycles. The second kappa shape index (κ2) is 3.58. The van der Waals surface area contributed by atoms with E-state index in [1.807, 2.05) is 0 Å². The van der Waals surface area contributed by atoms with E-state index in [4.69, 9.17) is 0 Å². The number of hydrogen-bond donors (Lipinski definition) is 1. The van der Waals surface area contributed by atoms with Crippen LogP contribution >= 0.6 is 0 Å². The fourth-order valence-electron chi connectivity index (χ4n) is 1.54. The molecule has 0 radical (unpaired) electrons. The van der Waals surface area contributed by atoms with Crippen LogP contribution in [0.25, 0.3) is 0 Å². The van der Waals surface area contributed by atoms with Crippen LogP contribution < -0.4 is 0 Å². The Morgan fingerprint density at radius 3 is 2.67 bits per heavy atom. The maximum Gasteiger partial charge on any atom is 0.272 e. The molecule has 1 N–H and O–H groups in total. The van der Waals surface area contributed by atoms with Crippen LogP contribution in [0.1, 0.15) is 24.5 Å². The van der Waals surface area contributed by atoms with E-state index in [1.54, 1.807) is 0 Å². The average molecular weight is 211 g/mol. The maximum absolute atomic E-state index is 13.4. The molecule has 1 aliphatic rings. The number of aliphatic hydroxyl groups excluding tert-OH is 1. The topological polar surface area (TPSA) is 63.4 Å². The van der Waals surface area contributed by atoms with Crippen molar-refractivity contribution in [3.05, 3.63) is 39.7 Å². The van der Waals surface area contributed by atoms with Gasteiger partial charge < -0.3 is 5.11 Å². The smallest absolute Gasteiger partial charge is 0.272 e. The molecule has 1 fully saturated rings. The third-order valence-corrected chi connectivity index (χ3v) is 2.58. The number of nitro groups is 1. The van der Waals surface area contributed by atoms with Gasteiger partial charge in [0.2, 0.25) is 0 Å². The monoisotopic (exact) mass is 211 g/mol. The predicted molar refractivity (Wildman–Crippen MR) is 50.7 cm³/mol. The zero-order chi connectivity index (χ0) is 11.0. The highest BCUT2D eigenvalue weighted by molar-refractivity contribution is 5.35. The summed E-state index contributed by atoms with van der Waals surface area (Å²) in [6, 6.07) is 3.35. The van der Waals surface area contributed by atoms with Gasteiger partial charge in [0.15, 0.2) is 0 Å². The lowest BCUT2D eigenvalue weighted by Crippen LogP contribution is -2.03. The lowest BCUT2D eigenvalue weighted by molar-refractivity contribution is -0.385. The van der Waals surface area contributed by atoms with E-state index < -0.39 is 16.8 Å². The Morgan fingerprint density at radius 1 is 1.53 bits per heavy atom. The third-order valence-electron chi connectivity index (χ3n) is 2.58. The normalized spacial score (nSPS) is 17.5. The van der Waals surface area contributed by atoms with Crippen molar-refractivity contribution in [3.63, 3.8) is 0 Å². The maximum atomic E-state index is 13.4. The third kappa shape index (κ3) is 1.97. The molecular weight excluding hydrogens is 201 g/mol. The van der Waals surface area contributed by atoms with E-state index in [9.17, 15) is 19.6 Å². The van der Waals surface area contributed by atoms with Gasteiger partial charge in [0.1, 0.15) is 5.82 Å². The van der Waals surface area contributed by atoms with E-state index >= 15 is 0 Å². The molecule has 2 rings (SSSR count). The first-order chi connectivity index (χ1) is 7.09. The van der Waals surface area contributed by atoms with Crippen LogP contribution in [0.15, 0.2) is 18.2 Å². The summed E-state index contributed by atoms with van der Waals surface area (Å²) in [6.45, 7) is 0. The minimum absolute atomic E-state index is 0.112. The van der Waals surface area contributed by atoms with Crippen LogP contribution in [0.5, 0.6) is 0 Å². The van der Waals surface area contributed by atoms with Gasteiger partial charge in [-0.15, -0.1) is 0 Å². The molecule has 0 amide bonds. The lowest BCUT2D eigenvalue weighted by atomic mass is 10.0. The van der Waals surface area contributed by atoms with Gasteiger partial charge in [0, 0.05) is 11.6 Å². The summed E-state index contributed by atoms with van der Waals surface area (Å²) >= 11 is 0. The van der Waals surface area contributed by atoms with Gasteiger partial charge >= 0.3 is 0 Å². The molecule has 0 heterocycles. The van der Waals surface area contributed by atoms with Crippen LogP contribution in [0, 0.1) is 21.8 Å². The zero-order valence-electron chi connectivity index (χ0n) is 7.89. The van der Waals surface area contributed by atoms with Gasteiger partial charge in [-0.3, -0.25) is 10.1 Å². The molecule has 0 aromatic heterocycles. The summed E-state index contributed by atoms with van der Waals surface area (Å²) in [5.74, 6) is -0.593. The fourth-order valence-corrected chi connectivity index (χ4v) is 1.54. The van der Waals surface area contributed by atoms with Crippen molar-refractivity contribution in [3.8, 4) is 0 Å². The second-order valence-electron chi connectivity index (χ2n) is 3.75. The molecular formula is C10H10FNO3. The molecule has 1 unspecified atom stereocenters. The SMILES string of the molecule is O=[N+]([O-])c1ccc(C(O)C2CC2)c(F)c1. The van der Waals surface area contributed by atoms with Crippen molar-refractivity contribution in [1.82, 2.24) is 0 Å². The molecule has 4 nitrogen and oxygen atoms in total. The van der Waals surface area contributed by atoms with Crippen LogP contribution in [0.3, 0.4) is 0 Å². The molecule has 0 bridgehead atoms. The number of benzene rings is 1. The first kappa shape index (κ1) is 10.0. The van der Waals surface area contributed by atoms with Gasteiger partial charge in [0.05, 0.1) is 17.1 Å². The van der Waals surface area contributed by atoms with Crippen molar-refractivity contribution in [1.29, 1.82) is 0 Å². The van der Waals surface area contributed by atoms with Gasteiger partial charge in [0.25, 0.3) is 5.69 Å². The Balaban J connectivity index is 2.29. The highest BCUT2D eigenvalue weighted by Crippen LogP contribution is 2.41. The van der Waals surface area contributed by atoms with Gasteiger partial charge in [-0.1, -0.05) is 0 Å². The predicted octanol–water partition coefficient (Wildman–Crippen LogP) is 2.18. The molecule has 80 valence electrons. The van der Waals surface area contributed by atoms with Crippen molar-refractivity contribution in [2.75, 3.05) is 0 Å². The van der Waals surface area contributed by atoms with E-state index in [0.29, 0.717) is 0 Å². The molecule has 0 saturated heterocycles. The van der Waals surface area contributed by atoms with Crippen LogP contribution in [0.2, 0.25) is 0 Å². The molecule has 1 aromatic rings. The number of non-ortho nitro benzene ring substituents is 1. The zero-order valence-corrected chi connectivity index (χ0v) is 7.89. The second-order valence-corrected chi connectivity index (χ2v) is 3.75. The van der Waals surface area contributed by atoms with Crippen molar-refractivity contribution in [2.45, 2.75) is 18.9 Å². The summed E-state index contributed by atoms with van der Waals surface area (Å²) in [4.78, 5) is 9.70. The highest BCUT2D eigenvalue weighted by atomic mass is 19.1. The number of rotatable bonds is 3. The van der Waals surface area contributed by atoms with Crippen LogP contribution in [-0.4, -0.2) is 10.0 Å². The van der Waals surface area contributed by atoms with Crippen LogP contribution in [-0.2, 0) is 0 Å². The van der Waals surface area contributed by atoms with Gasteiger partial charge in [-0.25, -0.2) is 4.39 Å². The first-order valence-corrected chi connectivity index (χ1v) is 4.71. The van der Waals surface area contributed by atoms with Crippen LogP contribution in [0.4, 0.5) is 10.1 Å². The number of nitrogens with zero attached hydrogens (tertiary/aromatic N) is 1. The number of hydrogen-bond acceptors (Lipinski definition) is 3. The van der Waals surface area contributed by atoms with Gasteiger partial charge in [-0.05, 0) is 24.8 Å². The Morgan fingerprint density at radius 2 is 2.20 bits per heavy atom. The first-order valence-electron chi connectivity index (χ1n) is 4.71. The number of aliphatic hydroxyl groups is 1. The van der Waals surface area contributed by atoms with Gasteiger partial charge in [-0.2, -0.15) is 0 Å². The summed E-state index contributed by atoms with van der Waals surface area (Å²) in [6.07, 6.45) is 0.945. The number of halogens is 1. The number of nitro benzene ring substituents is 1. The molecule has 0 spiro atoms. The Kier molecular flexibility index (Phi) is 2.40. The standard InChI is InChI=1S/C10H10FNO3/c11-9-5-7(12(14)15)3-4-8(9)10(13)6-1-2-6/h3-6,10,13H,1-2H2. The van der Waals surface area contributed by atoms with Crippen molar-refractivity contribution >= 4 is 5.69 Å². The fraction of sp³-hybridized carbons (Fsp3) is 0.400. The summed E-state index contributed by atoms with van der Waals surface area (Å²) < 4.78 is 13.4. The Bertz CT molecular complexity index is 404. The molecule has 1 atom stereocenters. The van der Waals surface area contributed by atoms with Crippen molar-refractivity contribution < 1.29 is 14.4 Å². The molecule has 1 aliphatic carbocycles. The molecule has 0 aliphatic heterocycles. The quantitative estimate of drug-likeness (QED) is 0.615. The van der Waals surface area contributed by atoms with E-state index in [2.05, 4.69) is 0 Å². The molecule has 5 heteroatoms. The van der Waals surface area contributed by atoms with Crippen molar-refractivity contribution in [2.24, 2.45) is 5.92 Å². The minimum atomic E-state index is -0.828. The van der Waals surface area contributed by atoms with E-state index in [1.165, 1.54) is 12.1 Å². The lowest BCUT2D eigenvalue weighted by Gasteiger charge is -2.09. The Labute approximate surface area is 85.5 Å². The molecule has 1 saturated carbocycles. The largest absolute Gasteiger partial charge is 0.388 e. The highest BCUT2D eigenvalue weighted by Gasteiger charge is 2.32. The molecule has 15 heavy (non-hydrogen) atoms. The average Bonchev–Trinajstić information content (AvgIpc) is 2.99. The van der Waals surface area contributed by atoms with E-state index in [0.717, 1.165) is 18.9 Å². The minimum Gasteiger partial charge on any atom is -0.388 e. The summed E-state index contributed by atoms with van der Waals surface area (Å²) in [7, 11) is 0. The summed E-state index contributed by atoms with van der Waals surface area (Å²) in [5.41, 5.74) is -0.137.